The van der Waals surface area contributed by atoms with E-state index >= 15 is 0 Å². The third kappa shape index (κ3) is 13.4. The van der Waals surface area contributed by atoms with Crippen LogP contribution >= 0.6 is 0 Å². The molecule has 3 fully saturated rings. The Bertz CT molecular complexity index is 3030. The van der Waals surface area contributed by atoms with Crippen molar-refractivity contribution in [2.24, 2.45) is 5.73 Å². The average molecular weight is 1040 g/mol. The molecule has 3 aliphatic rings. The molecular formula is C61H65N5O11. The summed E-state index contributed by atoms with van der Waals surface area (Å²) in [6.45, 7) is 6.56. The van der Waals surface area contributed by atoms with E-state index < -0.39 is 53.8 Å². The first-order chi connectivity index (χ1) is 37.1. The van der Waals surface area contributed by atoms with E-state index in [-0.39, 0.29) is 43.2 Å². The third-order valence-corrected chi connectivity index (χ3v) is 14.2. The monoisotopic (exact) mass is 1040 g/mol. The number of ketones is 2. The van der Waals surface area contributed by atoms with Gasteiger partial charge in [0.2, 0.25) is 0 Å². The van der Waals surface area contributed by atoms with Gasteiger partial charge in [0.15, 0.2) is 35.7 Å². The van der Waals surface area contributed by atoms with E-state index in [4.69, 9.17) is 19.9 Å². The fourth-order valence-electron chi connectivity index (χ4n) is 10.3. The number of Topliss-reactive ketones (excluding diaryl/α,β-unsaturated/α-hetero) is 2. The zero-order valence-electron chi connectivity index (χ0n) is 43.5. The van der Waals surface area contributed by atoms with E-state index in [0.29, 0.717) is 48.2 Å². The van der Waals surface area contributed by atoms with Crippen molar-refractivity contribution < 1.29 is 53.2 Å². The van der Waals surface area contributed by atoms with Gasteiger partial charge in [-0.1, -0.05) is 109 Å². The first-order valence-electron chi connectivity index (χ1n) is 26.2. The van der Waals surface area contributed by atoms with Gasteiger partial charge in [-0.3, -0.25) is 33.9 Å². The van der Waals surface area contributed by atoms with E-state index in [1.165, 1.54) is 12.4 Å². The molecule has 77 heavy (non-hydrogen) atoms. The number of rotatable bonds is 18. The van der Waals surface area contributed by atoms with Crippen molar-refractivity contribution in [3.63, 3.8) is 0 Å². The molecule has 0 saturated carbocycles. The van der Waals surface area contributed by atoms with Crippen LogP contribution in [-0.4, -0.2) is 115 Å². The number of nitrogens with zero attached hydrogens (tertiary/aromatic N) is 4. The Morgan fingerprint density at radius 3 is 1.69 bits per heavy atom. The van der Waals surface area contributed by atoms with Gasteiger partial charge in [0.25, 0.3) is 17.7 Å². The number of esters is 1. The standard InChI is InChI=1S/C31H33N3O5.C30H32N2O6/c1-31(2)38-27(28(39-31)30(37)34-18-6-9-25(34)22-7-4-3-5-8-22)26(35)15-12-20-10-13-21(14-11-20)23-16-17-33-19-24(23)29(32)36;1-2-38-30(37)24-19-31-17-16-23(24)21-13-10-20(11-14-21)12-15-26(33)27(34)28(35)29(36)32-18-6-9-25(32)22-7-4-3-5-8-22/h3-5,7-8,10-11,13-14,16-17,19,25,27-28H,6,9,12,15,18H2,1-2H3,(H2,32,36);3-5,7-8,10-11,13-14,16-17,19,25,27-28,34-35H,2,6,9,12,15,18H2,1H3/t2*25?,27-,28+/m00/s1. The van der Waals surface area contributed by atoms with Crippen molar-refractivity contribution in [3.05, 3.63) is 179 Å². The lowest BCUT2D eigenvalue weighted by molar-refractivity contribution is -0.163. The lowest BCUT2D eigenvalue weighted by Crippen LogP contribution is -2.47. The quantitative estimate of drug-likeness (QED) is 0.0701. The van der Waals surface area contributed by atoms with E-state index in [2.05, 4.69) is 9.97 Å². The van der Waals surface area contributed by atoms with Gasteiger partial charge in [0, 0.05) is 50.7 Å². The number of pyridine rings is 2. The molecule has 0 aliphatic carbocycles. The lowest BCUT2D eigenvalue weighted by atomic mass is 9.97. The Balaban J connectivity index is 0.000000204. The summed E-state index contributed by atoms with van der Waals surface area (Å²) in [6, 6.07) is 37.8. The Morgan fingerprint density at radius 2 is 1.14 bits per heavy atom. The number of primary amides is 1. The van der Waals surface area contributed by atoms with Gasteiger partial charge in [-0.2, -0.15) is 0 Å². The molecular weight excluding hydrogens is 979 g/mol. The number of carbonyl (C=O) groups is 6. The molecule has 0 radical (unpaired) electrons. The number of aliphatic hydroxyl groups excluding tert-OH is 2. The SMILES string of the molecule is CC1(C)O[C@@H](C(=O)CCc2ccc(-c3ccncc3C(N)=O)cc2)[C@H](C(=O)N2CCCC2c2ccccc2)O1.CCOC(=O)c1cnccc1-c1ccc(CCC(=O)[C@H](O)[C@@H](O)C(=O)N2CCCC2c2ccccc2)cc1. The molecule has 3 aliphatic heterocycles. The highest BCUT2D eigenvalue weighted by atomic mass is 16.8. The predicted octanol–water partition coefficient (Wildman–Crippen LogP) is 7.75. The van der Waals surface area contributed by atoms with Crippen molar-refractivity contribution in [1.82, 2.24) is 19.8 Å². The zero-order valence-corrected chi connectivity index (χ0v) is 43.5. The molecule has 16 nitrogen and oxygen atoms in total. The maximum atomic E-state index is 13.7. The van der Waals surface area contributed by atoms with Gasteiger partial charge < -0.3 is 40.0 Å². The van der Waals surface area contributed by atoms with E-state index in [1.54, 1.807) is 50.2 Å². The lowest BCUT2D eigenvalue weighted by Gasteiger charge is -2.28. The number of carbonyl (C=O) groups excluding carboxylic acids is 6. The molecule has 4 N–H and O–H groups in total. The van der Waals surface area contributed by atoms with Gasteiger partial charge in [0.05, 0.1) is 29.8 Å². The summed E-state index contributed by atoms with van der Waals surface area (Å²) in [5.74, 6) is -3.60. The van der Waals surface area contributed by atoms with Crippen LogP contribution in [0.5, 0.6) is 0 Å². The molecule has 9 rings (SSSR count). The molecule has 5 heterocycles. The second-order valence-electron chi connectivity index (χ2n) is 19.8. The summed E-state index contributed by atoms with van der Waals surface area (Å²) in [4.78, 5) is 88.1. The summed E-state index contributed by atoms with van der Waals surface area (Å²) in [5, 5.41) is 21.0. The molecule has 6 aromatic rings. The maximum Gasteiger partial charge on any atom is 0.340 e. The maximum absolute atomic E-state index is 13.7. The van der Waals surface area contributed by atoms with E-state index in [1.807, 2.05) is 114 Å². The molecule has 3 amide bonds. The first kappa shape index (κ1) is 55.5. The molecule has 0 spiro atoms. The largest absolute Gasteiger partial charge is 0.462 e. The van der Waals surface area contributed by atoms with Crippen LogP contribution in [0.1, 0.15) is 114 Å². The number of aromatic nitrogens is 2. The predicted molar refractivity (Wildman–Crippen MR) is 287 cm³/mol. The number of likely N-dealkylation sites (tertiary alicyclic amines) is 2. The molecule has 400 valence electrons. The van der Waals surface area contributed by atoms with Crippen LogP contribution in [0, 0.1) is 0 Å². The molecule has 16 heteroatoms. The highest BCUT2D eigenvalue weighted by Gasteiger charge is 2.51. The van der Waals surface area contributed by atoms with Gasteiger partial charge >= 0.3 is 5.97 Å². The summed E-state index contributed by atoms with van der Waals surface area (Å²) < 4.78 is 17.1. The topological polar surface area (TPSA) is 229 Å². The number of nitrogens with two attached hydrogens (primary N) is 1. The number of aliphatic hydroxyl groups is 2. The van der Waals surface area contributed by atoms with E-state index in [0.717, 1.165) is 59.1 Å². The van der Waals surface area contributed by atoms with Gasteiger partial charge in [-0.15, -0.1) is 0 Å². The normalized spacial score (nSPS) is 19.4. The fourth-order valence-corrected chi connectivity index (χ4v) is 10.3. The second-order valence-corrected chi connectivity index (χ2v) is 19.8. The minimum absolute atomic E-state index is 0.0314. The number of ether oxygens (including phenoxy) is 3. The van der Waals surface area contributed by atoms with Crippen molar-refractivity contribution in [1.29, 1.82) is 0 Å². The average Bonchev–Trinajstić information content (AvgIpc) is 4.27. The van der Waals surface area contributed by atoms with Crippen LogP contribution in [-0.2, 0) is 46.2 Å². The van der Waals surface area contributed by atoms with Crippen molar-refractivity contribution in [2.75, 3.05) is 19.7 Å². The van der Waals surface area contributed by atoms with Gasteiger partial charge in [-0.05, 0) is 116 Å². The van der Waals surface area contributed by atoms with Crippen LogP contribution in [0.2, 0.25) is 0 Å². The minimum atomic E-state index is -1.80. The van der Waals surface area contributed by atoms with Crippen LogP contribution in [0.3, 0.4) is 0 Å². The Morgan fingerprint density at radius 1 is 0.649 bits per heavy atom. The van der Waals surface area contributed by atoms with Crippen LogP contribution < -0.4 is 5.73 Å². The zero-order chi connectivity index (χ0) is 54.6. The minimum Gasteiger partial charge on any atom is -0.462 e. The summed E-state index contributed by atoms with van der Waals surface area (Å²) in [7, 11) is 0. The van der Waals surface area contributed by atoms with Crippen LogP contribution in [0.15, 0.2) is 146 Å². The Kier molecular flexibility index (Phi) is 18.3. The van der Waals surface area contributed by atoms with Crippen molar-refractivity contribution in [3.8, 4) is 22.3 Å². The summed E-state index contributed by atoms with van der Waals surface area (Å²) in [5.41, 5.74) is 13.1. The molecule has 0 bridgehead atoms. The van der Waals surface area contributed by atoms with Gasteiger partial charge in [-0.25, -0.2) is 4.79 Å². The number of benzene rings is 4. The highest BCUT2D eigenvalue weighted by molar-refractivity contribution is 6.00. The molecule has 4 aromatic carbocycles. The Labute approximate surface area is 448 Å². The number of hydrogen-bond acceptors (Lipinski definition) is 13. The second kappa shape index (κ2) is 25.4. The Hall–Kier alpha value is -7.76. The van der Waals surface area contributed by atoms with E-state index in [9.17, 15) is 39.0 Å². The smallest absolute Gasteiger partial charge is 0.340 e. The number of amides is 3. The van der Waals surface area contributed by atoms with Crippen molar-refractivity contribution >= 4 is 35.3 Å². The summed E-state index contributed by atoms with van der Waals surface area (Å²) >= 11 is 0. The number of hydrogen-bond donors (Lipinski definition) is 3. The first-order valence-corrected chi connectivity index (χ1v) is 26.2. The van der Waals surface area contributed by atoms with Crippen LogP contribution in [0.25, 0.3) is 22.3 Å². The number of aryl methyl sites for hydroxylation is 2. The molecule has 2 unspecified atom stereocenters. The third-order valence-electron chi connectivity index (χ3n) is 14.2. The fraction of sp³-hybridized carbons (Fsp3) is 0.344. The molecule has 6 atom stereocenters. The van der Waals surface area contributed by atoms with Crippen molar-refractivity contribution in [2.45, 2.75) is 114 Å². The van der Waals surface area contributed by atoms with Gasteiger partial charge in [0.1, 0.15) is 6.10 Å². The molecule has 3 saturated heterocycles. The summed E-state index contributed by atoms with van der Waals surface area (Å²) in [6.07, 6.45) is 4.93. The molecule has 2 aromatic heterocycles. The van der Waals surface area contributed by atoms with Crippen LogP contribution in [0.4, 0.5) is 0 Å². The highest BCUT2D eigenvalue weighted by Crippen LogP contribution is 2.38.